The van der Waals surface area contributed by atoms with E-state index in [0.717, 1.165) is 28.1 Å². The Labute approximate surface area is 122 Å². The second kappa shape index (κ2) is 5.14. The average molecular weight is 274 g/mol. The SMILES string of the molecule is Cc1ccccc1-c1cc(-c2ccc[nH]2)c(C#N)c(N)n1. The van der Waals surface area contributed by atoms with Gasteiger partial charge in [-0.2, -0.15) is 5.26 Å². The van der Waals surface area contributed by atoms with Gasteiger partial charge in [0.2, 0.25) is 0 Å². The lowest BCUT2D eigenvalue weighted by Gasteiger charge is -2.10. The van der Waals surface area contributed by atoms with Crippen molar-refractivity contribution in [3.8, 4) is 28.6 Å². The molecule has 0 aliphatic carbocycles. The van der Waals surface area contributed by atoms with Crippen LogP contribution in [0.25, 0.3) is 22.5 Å². The maximum absolute atomic E-state index is 9.33. The van der Waals surface area contributed by atoms with E-state index < -0.39 is 0 Å². The second-order valence-corrected chi connectivity index (χ2v) is 4.83. The minimum absolute atomic E-state index is 0.253. The number of nitrogens with two attached hydrogens (primary N) is 1. The third kappa shape index (κ3) is 2.26. The van der Waals surface area contributed by atoms with Crippen molar-refractivity contribution in [1.29, 1.82) is 5.26 Å². The zero-order valence-corrected chi connectivity index (χ0v) is 11.6. The van der Waals surface area contributed by atoms with Crippen LogP contribution in [0.15, 0.2) is 48.7 Å². The van der Waals surface area contributed by atoms with Crippen LogP contribution in [-0.4, -0.2) is 9.97 Å². The van der Waals surface area contributed by atoms with Gasteiger partial charge in [0.05, 0.1) is 5.69 Å². The van der Waals surface area contributed by atoms with Crippen molar-refractivity contribution >= 4 is 5.82 Å². The number of hydrogen-bond acceptors (Lipinski definition) is 3. The van der Waals surface area contributed by atoms with Crippen LogP contribution in [0.3, 0.4) is 0 Å². The molecule has 1 aromatic carbocycles. The molecular formula is C17H14N4. The lowest BCUT2D eigenvalue weighted by atomic mass is 10.00. The van der Waals surface area contributed by atoms with E-state index in [2.05, 4.69) is 16.0 Å². The molecule has 0 unspecified atom stereocenters. The predicted molar refractivity (Wildman–Crippen MR) is 83.3 cm³/mol. The first-order chi connectivity index (χ1) is 10.2. The number of aryl methyl sites for hydroxylation is 1. The molecule has 0 aliphatic rings. The molecule has 0 atom stereocenters. The molecule has 4 heteroatoms. The number of nitrogen functional groups attached to an aromatic ring is 1. The molecule has 2 heterocycles. The summed E-state index contributed by atoms with van der Waals surface area (Å²) < 4.78 is 0. The van der Waals surface area contributed by atoms with Gasteiger partial charge in [0.15, 0.2) is 0 Å². The number of aromatic nitrogens is 2. The summed E-state index contributed by atoms with van der Waals surface area (Å²) in [6.07, 6.45) is 1.82. The Hall–Kier alpha value is -3.06. The fraction of sp³-hybridized carbons (Fsp3) is 0.0588. The normalized spacial score (nSPS) is 10.3. The number of benzene rings is 1. The first-order valence-corrected chi connectivity index (χ1v) is 6.61. The molecule has 0 bridgehead atoms. The van der Waals surface area contributed by atoms with Crippen molar-refractivity contribution in [2.75, 3.05) is 5.73 Å². The van der Waals surface area contributed by atoms with E-state index in [1.54, 1.807) is 0 Å². The highest BCUT2D eigenvalue weighted by Crippen LogP contribution is 2.31. The standard InChI is InChI=1S/C17H14N4/c1-11-5-2-3-6-12(11)16-9-13(15-7-4-8-20-15)14(10-18)17(19)21-16/h2-9,20H,1H3,(H2,19,21). The Balaban J connectivity index is 2.26. The number of anilines is 1. The number of aromatic amines is 1. The first kappa shape index (κ1) is 12.9. The summed E-state index contributed by atoms with van der Waals surface area (Å²) in [5, 5.41) is 9.33. The van der Waals surface area contributed by atoms with Gasteiger partial charge in [-0.25, -0.2) is 4.98 Å². The Morgan fingerprint density at radius 2 is 1.95 bits per heavy atom. The van der Waals surface area contributed by atoms with Crippen molar-refractivity contribution in [3.05, 3.63) is 59.8 Å². The minimum Gasteiger partial charge on any atom is -0.383 e. The summed E-state index contributed by atoms with van der Waals surface area (Å²) in [6, 6.07) is 15.8. The van der Waals surface area contributed by atoms with Crippen molar-refractivity contribution in [2.24, 2.45) is 0 Å². The van der Waals surface area contributed by atoms with Crippen LogP contribution >= 0.6 is 0 Å². The van der Waals surface area contributed by atoms with E-state index >= 15 is 0 Å². The molecule has 0 saturated carbocycles. The molecule has 0 spiro atoms. The maximum Gasteiger partial charge on any atom is 0.142 e. The molecule has 0 amide bonds. The maximum atomic E-state index is 9.33. The smallest absolute Gasteiger partial charge is 0.142 e. The number of pyridine rings is 1. The molecule has 102 valence electrons. The summed E-state index contributed by atoms with van der Waals surface area (Å²) in [7, 11) is 0. The van der Waals surface area contributed by atoms with Gasteiger partial charge in [0, 0.05) is 23.0 Å². The van der Waals surface area contributed by atoms with Crippen LogP contribution < -0.4 is 5.73 Å². The molecule has 3 aromatic rings. The Kier molecular flexibility index (Phi) is 3.17. The molecule has 21 heavy (non-hydrogen) atoms. The third-order valence-electron chi connectivity index (χ3n) is 3.47. The summed E-state index contributed by atoms with van der Waals surface area (Å²) in [4.78, 5) is 7.50. The summed E-state index contributed by atoms with van der Waals surface area (Å²) in [5.41, 5.74) is 10.9. The second-order valence-electron chi connectivity index (χ2n) is 4.83. The predicted octanol–water partition coefficient (Wildman–Crippen LogP) is 3.51. The number of rotatable bonds is 2. The number of nitrogens with one attached hydrogen (secondary N) is 1. The van der Waals surface area contributed by atoms with Crippen LogP contribution in [0, 0.1) is 18.3 Å². The van der Waals surface area contributed by atoms with Crippen molar-refractivity contribution in [2.45, 2.75) is 6.92 Å². The average Bonchev–Trinajstić information content (AvgIpc) is 3.01. The van der Waals surface area contributed by atoms with E-state index in [9.17, 15) is 5.26 Å². The first-order valence-electron chi connectivity index (χ1n) is 6.61. The van der Waals surface area contributed by atoms with Gasteiger partial charge < -0.3 is 10.7 Å². The summed E-state index contributed by atoms with van der Waals surface area (Å²) in [5.74, 6) is 0.253. The molecule has 3 N–H and O–H groups in total. The van der Waals surface area contributed by atoms with E-state index in [0.29, 0.717) is 5.56 Å². The van der Waals surface area contributed by atoms with Gasteiger partial charge in [-0.05, 0) is 30.7 Å². The van der Waals surface area contributed by atoms with Gasteiger partial charge in [-0.3, -0.25) is 0 Å². The van der Waals surface area contributed by atoms with Gasteiger partial charge >= 0.3 is 0 Å². The van der Waals surface area contributed by atoms with E-state index in [1.807, 2.05) is 55.6 Å². The van der Waals surface area contributed by atoms with Crippen LogP contribution in [-0.2, 0) is 0 Å². The quantitative estimate of drug-likeness (QED) is 0.750. The van der Waals surface area contributed by atoms with Crippen LogP contribution in [0.1, 0.15) is 11.1 Å². The lowest BCUT2D eigenvalue weighted by Crippen LogP contribution is -2.00. The fourth-order valence-corrected chi connectivity index (χ4v) is 2.39. The molecule has 0 saturated heterocycles. The lowest BCUT2D eigenvalue weighted by molar-refractivity contribution is 1.28. The largest absolute Gasteiger partial charge is 0.383 e. The van der Waals surface area contributed by atoms with Crippen LogP contribution in [0.4, 0.5) is 5.82 Å². The molecule has 2 aromatic heterocycles. The highest BCUT2D eigenvalue weighted by atomic mass is 14.9. The number of H-pyrrole nitrogens is 1. The topological polar surface area (TPSA) is 78.5 Å². The van der Waals surface area contributed by atoms with Crippen LogP contribution in [0.5, 0.6) is 0 Å². The zero-order valence-electron chi connectivity index (χ0n) is 11.6. The van der Waals surface area contributed by atoms with Crippen molar-refractivity contribution < 1.29 is 0 Å². The highest BCUT2D eigenvalue weighted by Gasteiger charge is 2.14. The minimum atomic E-state index is 0.253. The molecular weight excluding hydrogens is 260 g/mol. The van der Waals surface area contributed by atoms with E-state index in [4.69, 9.17) is 5.73 Å². The highest BCUT2D eigenvalue weighted by molar-refractivity contribution is 5.79. The van der Waals surface area contributed by atoms with Gasteiger partial charge in [-0.15, -0.1) is 0 Å². The van der Waals surface area contributed by atoms with E-state index in [1.165, 1.54) is 0 Å². The Morgan fingerprint density at radius 1 is 1.14 bits per heavy atom. The number of hydrogen-bond donors (Lipinski definition) is 2. The Morgan fingerprint density at radius 3 is 2.62 bits per heavy atom. The molecule has 0 fully saturated rings. The summed E-state index contributed by atoms with van der Waals surface area (Å²) in [6.45, 7) is 2.03. The van der Waals surface area contributed by atoms with Crippen LogP contribution in [0.2, 0.25) is 0 Å². The number of nitrogens with zero attached hydrogens (tertiary/aromatic N) is 2. The Bertz CT molecular complexity index is 826. The monoisotopic (exact) mass is 274 g/mol. The zero-order chi connectivity index (χ0) is 14.8. The van der Waals surface area contributed by atoms with Crippen molar-refractivity contribution in [1.82, 2.24) is 9.97 Å². The van der Waals surface area contributed by atoms with Gasteiger partial charge in [-0.1, -0.05) is 24.3 Å². The van der Waals surface area contributed by atoms with E-state index in [-0.39, 0.29) is 5.82 Å². The summed E-state index contributed by atoms with van der Waals surface area (Å²) >= 11 is 0. The van der Waals surface area contributed by atoms with Crippen molar-refractivity contribution in [3.63, 3.8) is 0 Å². The fourth-order valence-electron chi connectivity index (χ4n) is 2.39. The molecule has 0 aliphatic heterocycles. The third-order valence-corrected chi connectivity index (χ3v) is 3.47. The van der Waals surface area contributed by atoms with Gasteiger partial charge in [0.25, 0.3) is 0 Å². The van der Waals surface area contributed by atoms with Gasteiger partial charge in [0.1, 0.15) is 17.5 Å². The number of nitriles is 1. The molecule has 3 rings (SSSR count). The molecule has 4 nitrogen and oxygen atoms in total. The molecule has 0 radical (unpaired) electrons.